The first-order valence-electron chi connectivity index (χ1n) is 9.70. The summed E-state index contributed by atoms with van der Waals surface area (Å²) in [5.74, 6) is -1.10. The Hall–Kier alpha value is -2.22. The molecule has 3 rings (SSSR count). The summed E-state index contributed by atoms with van der Waals surface area (Å²) in [5, 5.41) is 17.0. The van der Waals surface area contributed by atoms with E-state index in [9.17, 15) is 14.3 Å². The second kappa shape index (κ2) is 9.07. The van der Waals surface area contributed by atoms with Crippen LogP contribution in [0.4, 0.5) is 4.39 Å². The van der Waals surface area contributed by atoms with Crippen LogP contribution in [0, 0.1) is 11.7 Å². The molecule has 1 aliphatic rings. The maximum Gasteiger partial charge on any atom is 0.273 e. The fourth-order valence-corrected chi connectivity index (χ4v) is 4.70. The fourth-order valence-electron chi connectivity index (χ4n) is 3.29. The number of hydrogen-bond acceptors (Lipinski definition) is 5. The molecule has 7 heteroatoms. The highest BCUT2D eigenvalue weighted by Gasteiger charge is 2.49. The van der Waals surface area contributed by atoms with Crippen LogP contribution in [-0.4, -0.2) is 33.7 Å². The lowest BCUT2D eigenvalue weighted by Crippen LogP contribution is -2.47. The molecule has 1 amide bonds. The second-order valence-electron chi connectivity index (χ2n) is 7.40. The van der Waals surface area contributed by atoms with E-state index in [4.69, 9.17) is 5.73 Å². The minimum atomic E-state index is -1.19. The van der Waals surface area contributed by atoms with Gasteiger partial charge in [-0.1, -0.05) is 68.1 Å². The Bertz CT molecular complexity index is 891. The van der Waals surface area contributed by atoms with E-state index in [1.165, 1.54) is 28.9 Å². The van der Waals surface area contributed by atoms with Crippen molar-refractivity contribution >= 4 is 22.7 Å². The van der Waals surface area contributed by atoms with Gasteiger partial charge in [0, 0.05) is 5.56 Å². The van der Waals surface area contributed by atoms with Gasteiger partial charge in [0.15, 0.2) is 0 Å². The van der Waals surface area contributed by atoms with Gasteiger partial charge in [-0.2, -0.15) is 5.10 Å². The second-order valence-corrected chi connectivity index (χ2v) is 8.67. The Labute approximate surface area is 174 Å². The number of hydrazone groups is 1. The quantitative estimate of drug-likeness (QED) is 0.723. The molecule has 0 saturated heterocycles. The smallest absolute Gasteiger partial charge is 0.273 e. The van der Waals surface area contributed by atoms with Crippen molar-refractivity contribution in [2.75, 3.05) is 6.54 Å². The molecule has 0 radical (unpaired) electrons. The van der Waals surface area contributed by atoms with Crippen LogP contribution in [0.3, 0.4) is 0 Å². The van der Waals surface area contributed by atoms with E-state index >= 15 is 0 Å². The van der Waals surface area contributed by atoms with Crippen molar-refractivity contribution in [2.24, 2.45) is 16.8 Å². The van der Waals surface area contributed by atoms with Crippen LogP contribution in [0.5, 0.6) is 0 Å². The van der Waals surface area contributed by atoms with Crippen molar-refractivity contribution < 1.29 is 14.3 Å². The number of hydrogen-bond donors (Lipinski definition) is 2. The summed E-state index contributed by atoms with van der Waals surface area (Å²) in [6.45, 7) is 4.03. The molecule has 0 spiro atoms. The highest BCUT2D eigenvalue weighted by Crippen LogP contribution is 2.50. The SMILES string of the molecule is CC(C)C(O)C(=O)N1N=C(c2cccc(F)c2)SC1(CCCN)c1ccccc1. The van der Waals surface area contributed by atoms with Crippen LogP contribution in [0.1, 0.15) is 37.8 Å². The lowest BCUT2D eigenvalue weighted by Gasteiger charge is -2.37. The molecular formula is C22H26FN3O2S. The van der Waals surface area contributed by atoms with Crippen molar-refractivity contribution in [3.63, 3.8) is 0 Å². The Morgan fingerprint density at radius 1 is 1.24 bits per heavy atom. The van der Waals surface area contributed by atoms with E-state index in [0.29, 0.717) is 30.0 Å². The molecule has 5 nitrogen and oxygen atoms in total. The summed E-state index contributed by atoms with van der Waals surface area (Å²) < 4.78 is 13.8. The monoisotopic (exact) mass is 415 g/mol. The van der Waals surface area contributed by atoms with Gasteiger partial charge in [-0.3, -0.25) is 4.79 Å². The van der Waals surface area contributed by atoms with E-state index in [1.807, 2.05) is 30.3 Å². The molecule has 0 saturated carbocycles. The normalized spacial score (nSPS) is 20.1. The number of rotatable bonds is 7. The minimum Gasteiger partial charge on any atom is -0.383 e. The third-order valence-electron chi connectivity index (χ3n) is 4.91. The first-order valence-corrected chi connectivity index (χ1v) is 10.5. The molecule has 2 aromatic rings. The summed E-state index contributed by atoms with van der Waals surface area (Å²) in [4.78, 5) is 12.4. The molecule has 0 aromatic heterocycles. The van der Waals surface area contributed by atoms with Crippen LogP contribution in [0.15, 0.2) is 59.7 Å². The number of halogens is 1. The molecule has 0 fully saturated rings. The molecule has 2 aromatic carbocycles. The van der Waals surface area contributed by atoms with Gasteiger partial charge >= 0.3 is 0 Å². The lowest BCUT2D eigenvalue weighted by atomic mass is 9.98. The van der Waals surface area contributed by atoms with Gasteiger partial charge in [0.05, 0.1) is 0 Å². The molecule has 1 heterocycles. The predicted octanol–water partition coefficient (Wildman–Crippen LogP) is 3.67. The third kappa shape index (κ3) is 4.37. The van der Waals surface area contributed by atoms with Crippen LogP contribution in [-0.2, 0) is 9.67 Å². The number of thioether (sulfide) groups is 1. The first kappa shape index (κ1) is 21.5. The molecule has 154 valence electrons. The van der Waals surface area contributed by atoms with Crippen molar-refractivity contribution in [3.8, 4) is 0 Å². The van der Waals surface area contributed by atoms with Crippen molar-refractivity contribution in [3.05, 3.63) is 71.5 Å². The lowest BCUT2D eigenvalue weighted by molar-refractivity contribution is -0.146. The Balaban J connectivity index is 2.12. The number of aliphatic hydroxyl groups is 1. The Morgan fingerprint density at radius 3 is 2.59 bits per heavy atom. The average molecular weight is 416 g/mol. The van der Waals surface area contributed by atoms with Crippen LogP contribution < -0.4 is 5.73 Å². The topological polar surface area (TPSA) is 78.9 Å². The predicted molar refractivity (Wildman–Crippen MR) is 115 cm³/mol. The van der Waals surface area contributed by atoms with Gasteiger partial charge in [0.2, 0.25) is 0 Å². The van der Waals surface area contributed by atoms with Crippen molar-refractivity contribution in [2.45, 2.75) is 37.7 Å². The zero-order chi connectivity index (χ0) is 21.0. The molecule has 3 N–H and O–H groups in total. The van der Waals surface area contributed by atoms with Crippen molar-refractivity contribution in [1.29, 1.82) is 0 Å². The third-order valence-corrected chi connectivity index (χ3v) is 6.37. The molecule has 0 aliphatic carbocycles. The largest absolute Gasteiger partial charge is 0.383 e. The van der Waals surface area contributed by atoms with E-state index in [0.717, 1.165) is 5.56 Å². The number of carbonyl (C=O) groups excluding carboxylic acids is 1. The fraction of sp³-hybridized carbons (Fsp3) is 0.364. The standard InChI is InChI=1S/C22H26FN3O2S/c1-15(2)19(27)21(28)26-22(12-7-13-24,17-9-4-3-5-10-17)29-20(25-26)16-8-6-11-18(23)14-16/h3-6,8-11,14-15,19,27H,7,12-13,24H2,1-2H3. The summed E-state index contributed by atoms with van der Waals surface area (Å²) in [6.07, 6.45) is 0.0269. The molecule has 29 heavy (non-hydrogen) atoms. The first-order chi connectivity index (χ1) is 13.9. The van der Waals surface area contributed by atoms with Gasteiger partial charge < -0.3 is 10.8 Å². The van der Waals surface area contributed by atoms with E-state index in [1.54, 1.807) is 26.0 Å². The van der Waals surface area contributed by atoms with Crippen molar-refractivity contribution in [1.82, 2.24) is 5.01 Å². The summed E-state index contributed by atoms with van der Waals surface area (Å²) in [6, 6.07) is 15.7. The zero-order valence-electron chi connectivity index (χ0n) is 16.6. The number of amides is 1. The highest BCUT2D eigenvalue weighted by molar-refractivity contribution is 8.15. The molecule has 1 aliphatic heterocycles. The van der Waals surface area contributed by atoms with E-state index < -0.39 is 16.9 Å². The number of benzene rings is 2. The van der Waals surface area contributed by atoms with Crippen LogP contribution >= 0.6 is 11.8 Å². The van der Waals surface area contributed by atoms with Gasteiger partial charge in [-0.15, -0.1) is 0 Å². The summed E-state index contributed by atoms with van der Waals surface area (Å²) in [5.41, 5.74) is 7.27. The number of nitrogens with zero attached hydrogens (tertiary/aromatic N) is 2. The number of aliphatic hydroxyl groups excluding tert-OH is 1. The molecular weight excluding hydrogens is 389 g/mol. The van der Waals surface area contributed by atoms with Gasteiger partial charge in [0.1, 0.15) is 21.8 Å². The summed E-state index contributed by atoms with van der Waals surface area (Å²) >= 11 is 1.40. The highest BCUT2D eigenvalue weighted by atomic mass is 32.2. The van der Waals surface area contributed by atoms with Gasteiger partial charge in [-0.05, 0) is 43.0 Å². The van der Waals surface area contributed by atoms with E-state index in [2.05, 4.69) is 5.10 Å². The molecule has 0 bridgehead atoms. The maximum absolute atomic E-state index is 13.8. The Kier molecular flexibility index (Phi) is 6.72. The van der Waals surface area contributed by atoms with Gasteiger partial charge in [-0.25, -0.2) is 9.40 Å². The number of nitrogens with two attached hydrogens (primary N) is 1. The Morgan fingerprint density at radius 2 is 1.97 bits per heavy atom. The maximum atomic E-state index is 13.8. The molecule has 2 atom stereocenters. The summed E-state index contributed by atoms with van der Waals surface area (Å²) in [7, 11) is 0. The molecule has 2 unspecified atom stereocenters. The minimum absolute atomic E-state index is 0.260. The van der Waals surface area contributed by atoms with E-state index in [-0.39, 0.29) is 11.7 Å². The average Bonchev–Trinajstić information content (AvgIpc) is 3.12. The van der Waals surface area contributed by atoms with Crippen LogP contribution in [0.2, 0.25) is 0 Å². The number of carbonyl (C=O) groups is 1. The van der Waals surface area contributed by atoms with Gasteiger partial charge in [0.25, 0.3) is 5.91 Å². The van der Waals surface area contributed by atoms with Crippen LogP contribution in [0.25, 0.3) is 0 Å². The zero-order valence-corrected chi connectivity index (χ0v) is 17.4.